The van der Waals surface area contributed by atoms with Gasteiger partial charge in [-0.25, -0.2) is 9.38 Å². The first kappa shape index (κ1) is 26.7. The van der Waals surface area contributed by atoms with Gasteiger partial charge in [-0.15, -0.1) is 0 Å². The van der Waals surface area contributed by atoms with Crippen molar-refractivity contribution in [3.05, 3.63) is 83.9 Å². The first-order valence-electron chi connectivity index (χ1n) is 11.6. The average Bonchev–Trinajstić information content (AvgIpc) is 3.17. The molecule has 1 unspecified atom stereocenters. The zero-order valence-electron chi connectivity index (χ0n) is 20.7. The molecular formula is C26H26FN5O5S. The highest BCUT2D eigenvalue weighted by atomic mass is 32.2. The lowest BCUT2D eigenvalue weighted by molar-refractivity contribution is -0.134. The quantitative estimate of drug-likeness (QED) is 0.470. The normalized spacial score (nSPS) is 18.4. The molecule has 0 saturated heterocycles. The number of hydrogen-bond donors (Lipinski definition) is 2. The van der Waals surface area contributed by atoms with Gasteiger partial charge in [-0.1, -0.05) is 30.3 Å². The van der Waals surface area contributed by atoms with Gasteiger partial charge in [0, 0.05) is 31.8 Å². The number of aliphatic carboxylic acids is 1. The Labute approximate surface area is 219 Å². The molecule has 5 rings (SSSR count). The number of hydrogen-bond acceptors (Lipinski definition) is 9. The van der Waals surface area contributed by atoms with Crippen molar-refractivity contribution in [2.45, 2.75) is 18.9 Å². The number of carboxylic acids is 1. The molecule has 1 atom stereocenters. The third-order valence-electron chi connectivity index (χ3n) is 5.78. The molecule has 198 valence electrons. The van der Waals surface area contributed by atoms with Crippen LogP contribution in [0.2, 0.25) is 0 Å². The Morgan fingerprint density at radius 2 is 1.82 bits per heavy atom. The molecule has 12 heteroatoms. The number of carboxylic acid groups (broad SMARTS) is 1. The molecule has 3 N–H and O–H groups in total. The molecule has 0 fully saturated rings. The van der Waals surface area contributed by atoms with E-state index in [0.717, 1.165) is 42.5 Å². The number of carbonyl (C=O) groups is 1. The second-order valence-electron chi connectivity index (χ2n) is 8.69. The van der Waals surface area contributed by atoms with Crippen molar-refractivity contribution in [2.75, 3.05) is 19.3 Å². The highest BCUT2D eigenvalue weighted by Crippen LogP contribution is 2.43. The summed E-state index contributed by atoms with van der Waals surface area (Å²) in [6.07, 6.45) is 4.60. The lowest BCUT2D eigenvalue weighted by atomic mass is 9.81. The van der Waals surface area contributed by atoms with E-state index < -0.39 is 27.4 Å². The van der Waals surface area contributed by atoms with Gasteiger partial charge in [-0.3, -0.25) is 19.7 Å². The van der Waals surface area contributed by atoms with E-state index >= 15 is 0 Å². The van der Waals surface area contributed by atoms with Gasteiger partial charge in [0.1, 0.15) is 17.4 Å². The van der Waals surface area contributed by atoms with Crippen LogP contribution < -0.4 is 9.92 Å². The summed E-state index contributed by atoms with van der Waals surface area (Å²) in [6.45, 7) is 2.41. The van der Waals surface area contributed by atoms with E-state index in [1.165, 1.54) is 6.07 Å². The maximum atomic E-state index is 13.8. The van der Waals surface area contributed by atoms with Crippen LogP contribution in [0.15, 0.2) is 77.0 Å². The van der Waals surface area contributed by atoms with Crippen LogP contribution >= 0.6 is 0 Å². The van der Waals surface area contributed by atoms with Crippen molar-refractivity contribution in [2.24, 2.45) is 15.7 Å². The van der Waals surface area contributed by atoms with E-state index in [2.05, 4.69) is 4.98 Å². The Morgan fingerprint density at radius 1 is 1.11 bits per heavy atom. The first-order chi connectivity index (χ1) is 18.0. The lowest BCUT2D eigenvalue weighted by Crippen LogP contribution is -2.46. The molecule has 0 bridgehead atoms. The van der Waals surface area contributed by atoms with Crippen LogP contribution in [0.3, 0.4) is 0 Å². The van der Waals surface area contributed by atoms with Gasteiger partial charge in [0.25, 0.3) is 5.97 Å². The molecule has 3 aromatic rings. The molecule has 10 nitrogen and oxygen atoms in total. The van der Waals surface area contributed by atoms with Crippen LogP contribution in [0.4, 0.5) is 4.39 Å². The van der Waals surface area contributed by atoms with Gasteiger partial charge in [0.05, 0.1) is 12.5 Å². The van der Waals surface area contributed by atoms with Crippen LogP contribution in [0.1, 0.15) is 24.5 Å². The zero-order valence-corrected chi connectivity index (χ0v) is 21.5. The predicted molar refractivity (Wildman–Crippen MR) is 141 cm³/mol. The minimum Gasteiger partial charge on any atom is -0.481 e. The van der Waals surface area contributed by atoms with Crippen molar-refractivity contribution in [1.82, 2.24) is 9.88 Å². The lowest BCUT2D eigenvalue weighted by Gasteiger charge is -2.33. The second kappa shape index (κ2) is 10.6. The Balaban J connectivity index is 0.000000786. The number of fused-ring (bicyclic) bond motifs is 1. The molecule has 0 aliphatic carbocycles. The number of halogens is 1. The molecule has 2 aliphatic rings. The first-order valence-corrected chi connectivity index (χ1v) is 13.4. The van der Waals surface area contributed by atoms with Gasteiger partial charge in [0.2, 0.25) is 0 Å². The van der Waals surface area contributed by atoms with E-state index in [1.54, 1.807) is 30.5 Å². The van der Waals surface area contributed by atoms with E-state index in [1.807, 2.05) is 29.2 Å². The van der Waals surface area contributed by atoms with Crippen LogP contribution in [-0.2, 0) is 20.5 Å². The van der Waals surface area contributed by atoms with E-state index in [0.29, 0.717) is 30.4 Å². The number of rotatable bonds is 5. The summed E-state index contributed by atoms with van der Waals surface area (Å²) >= 11 is 0. The van der Waals surface area contributed by atoms with Gasteiger partial charge in [0.15, 0.2) is 11.5 Å². The SMILES string of the molecule is CC(=O)O.CS(=O)(=O)Oc1ccc(C2(c3cccc(-c4cncc(F)c4)c3)N=C(N)N3CCCN=C32)cc1. The topological polar surface area (TPSA) is 148 Å². The van der Waals surface area contributed by atoms with Crippen LogP contribution in [0, 0.1) is 5.82 Å². The molecular weight excluding hydrogens is 513 g/mol. The van der Waals surface area contributed by atoms with E-state index in [4.69, 9.17) is 29.8 Å². The summed E-state index contributed by atoms with van der Waals surface area (Å²) in [7, 11) is -3.66. The molecule has 0 spiro atoms. The summed E-state index contributed by atoms with van der Waals surface area (Å²) in [5.41, 5.74) is 8.23. The number of amidine groups is 1. The third-order valence-corrected chi connectivity index (χ3v) is 6.27. The van der Waals surface area contributed by atoms with Crippen molar-refractivity contribution in [3.8, 4) is 16.9 Å². The van der Waals surface area contributed by atoms with Crippen molar-refractivity contribution >= 4 is 27.9 Å². The Hall–Kier alpha value is -4.32. The summed E-state index contributed by atoms with van der Waals surface area (Å²) in [5, 5.41) is 7.42. The highest BCUT2D eigenvalue weighted by Gasteiger charge is 2.49. The van der Waals surface area contributed by atoms with Crippen molar-refractivity contribution in [1.29, 1.82) is 0 Å². The number of benzene rings is 2. The summed E-state index contributed by atoms with van der Waals surface area (Å²) in [4.78, 5) is 24.6. The fourth-order valence-corrected chi connectivity index (χ4v) is 4.85. The van der Waals surface area contributed by atoms with Crippen molar-refractivity contribution in [3.63, 3.8) is 0 Å². The number of nitrogens with zero attached hydrogens (tertiary/aromatic N) is 4. The number of nitrogens with two attached hydrogens (primary N) is 1. The third kappa shape index (κ3) is 5.65. The molecule has 0 saturated carbocycles. The summed E-state index contributed by atoms with van der Waals surface area (Å²) in [6, 6.07) is 15.7. The molecule has 0 radical (unpaired) electrons. The zero-order chi connectivity index (χ0) is 27.5. The minimum absolute atomic E-state index is 0.193. The fraction of sp³-hybridized carbons (Fsp3) is 0.231. The smallest absolute Gasteiger partial charge is 0.306 e. The number of aliphatic imine (C=N–C) groups is 2. The fourth-order valence-electron chi connectivity index (χ4n) is 4.39. The standard InChI is InChI=1S/C24H22FN5O3S.C2H4O2/c1-34(31,32)33-21-8-6-18(7-9-21)24(22-28-10-3-11-30(22)23(26)29-24)19-5-2-4-16(12-19)17-13-20(25)15-27-14-17;1-2(3)4/h2,4-9,12-15H,3,10-11H2,1H3,(H2,26,29);1H3,(H,3,4). The average molecular weight is 540 g/mol. The van der Waals surface area contributed by atoms with Gasteiger partial charge < -0.3 is 15.0 Å². The molecule has 3 heterocycles. The van der Waals surface area contributed by atoms with Crippen LogP contribution in [0.25, 0.3) is 11.1 Å². The van der Waals surface area contributed by atoms with Crippen molar-refractivity contribution < 1.29 is 26.9 Å². The number of pyridine rings is 1. The Morgan fingerprint density at radius 3 is 2.47 bits per heavy atom. The Kier molecular flexibility index (Phi) is 7.44. The summed E-state index contributed by atoms with van der Waals surface area (Å²) in [5.74, 6) is -0.0151. The monoisotopic (exact) mass is 539 g/mol. The molecule has 0 amide bonds. The number of guanidine groups is 1. The predicted octanol–water partition coefficient (Wildman–Crippen LogP) is 2.99. The van der Waals surface area contributed by atoms with E-state index in [9.17, 15) is 12.8 Å². The Bertz CT molecular complexity index is 1520. The maximum absolute atomic E-state index is 13.8. The summed E-state index contributed by atoms with van der Waals surface area (Å²) < 4.78 is 41.9. The second-order valence-corrected chi connectivity index (χ2v) is 10.3. The van der Waals surface area contributed by atoms with E-state index in [-0.39, 0.29) is 5.75 Å². The van der Waals surface area contributed by atoms with Gasteiger partial charge in [-0.05, 0) is 47.4 Å². The van der Waals surface area contributed by atoms with Gasteiger partial charge >= 0.3 is 10.1 Å². The maximum Gasteiger partial charge on any atom is 0.306 e. The molecule has 2 aliphatic heterocycles. The minimum atomic E-state index is -3.66. The number of aromatic nitrogens is 1. The van der Waals surface area contributed by atoms with Crippen LogP contribution in [0.5, 0.6) is 5.75 Å². The largest absolute Gasteiger partial charge is 0.481 e. The molecule has 38 heavy (non-hydrogen) atoms. The molecule has 1 aromatic heterocycles. The highest BCUT2D eigenvalue weighted by molar-refractivity contribution is 7.86. The van der Waals surface area contributed by atoms with Gasteiger partial charge in [-0.2, -0.15) is 8.42 Å². The molecule has 2 aromatic carbocycles. The van der Waals surface area contributed by atoms with Crippen LogP contribution in [-0.4, -0.2) is 60.5 Å².